The number of hydrogen-bond donors (Lipinski definition) is 1. The predicted octanol–water partition coefficient (Wildman–Crippen LogP) is 2.96. The van der Waals surface area contributed by atoms with Crippen LogP contribution in [0.25, 0.3) is 0 Å². The summed E-state index contributed by atoms with van der Waals surface area (Å²) in [7, 11) is 0. The van der Waals surface area contributed by atoms with E-state index in [1.807, 2.05) is 6.92 Å². The van der Waals surface area contributed by atoms with E-state index in [-0.39, 0.29) is 6.04 Å². The number of nitrogens with two attached hydrogens (primary N) is 1. The molecule has 0 aliphatic heterocycles. The Morgan fingerprint density at radius 2 is 2.10 bits per heavy atom. The Labute approximate surface area is 119 Å². The van der Waals surface area contributed by atoms with Gasteiger partial charge in [0.05, 0.1) is 6.61 Å². The van der Waals surface area contributed by atoms with E-state index in [1.54, 1.807) is 26.0 Å². The van der Waals surface area contributed by atoms with Crippen molar-refractivity contribution < 1.29 is 18.7 Å². The van der Waals surface area contributed by atoms with Crippen molar-refractivity contribution in [2.45, 2.75) is 45.8 Å². The van der Waals surface area contributed by atoms with Gasteiger partial charge in [-0.15, -0.1) is 0 Å². The van der Waals surface area contributed by atoms with Gasteiger partial charge in [-0.05, 0) is 26.3 Å². The molecule has 0 aliphatic carbocycles. The second kappa shape index (κ2) is 7.85. The molecule has 1 aromatic carbocycles. The summed E-state index contributed by atoms with van der Waals surface area (Å²) < 4.78 is 24.3. The van der Waals surface area contributed by atoms with Crippen molar-refractivity contribution in [3.63, 3.8) is 0 Å². The Morgan fingerprint density at radius 1 is 1.40 bits per heavy atom. The van der Waals surface area contributed by atoms with Gasteiger partial charge >= 0.3 is 5.97 Å². The van der Waals surface area contributed by atoms with E-state index in [4.69, 9.17) is 15.2 Å². The van der Waals surface area contributed by atoms with Gasteiger partial charge in [0, 0.05) is 17.7 Å². The molecule has 5 heteroatoms. The van der Waals surface area contributed by atoms with Crippen molar-refractivity contribution >= 4 is 5.97 Å². The van der Waals surface area contributed by atoms with Gasteiger partial charge in [-0.3, -0.25) is 0 Å². The topological polar surface area (TPSA) is 61.5 Å². The zero-order valence-electron chi connectivity index (χ0n) is 12.2. The first-order valence-corrected chi connectivity index (χ1v) is 6.87. The van der Waals surface area contributed by atoms with Crippen molar-refractivity contribution in [2.24, 2.45) is 5.73 Å². The predicted molar refractivity (Wildman–Crippen MR) is 75.0 cm³/mol. The first kappa shape index (κ1) is 16.4. The number of rotatable bonds is 7. The molecule has 112 valence electrons. The summed E-state index contributed by atoms with van der Waals surface area (Å²) in [5, 5.41) is 0. The van der Waals surface area contributed by atoms with Gasteiger partial charge in [-0.2, -0.15) is 0 Å². The third kappa shape index (κ3) is 4.49. The molecular formula is C15H22FNO3. The summed E-state index contributed by atoms with van der Waals surface area (Å²) in [6.07, 6.45) is 0.583. The van der Waals surface area contributed by atoms with E-state index in [0.29, 0.717) is 24.3 Å². The van der Waals surface area contributed by atoms with Crippen molar-refractivity contribution in [1.29, 1.82) is 0 Å². The van der Waals surface area contributed by atoms with Gasteiger partial charge in [-0.1, -0.05) is 19.4 Å². The van der Waals surface area contributed by atoms with E-state index < -0.39 is 17.9 Å². The highest BCUT2D eigenvalue weighted by atomic mass is 19.1. The molecule has 0 bridgehead atoms. The SMILES string of the molecule is CCCC(Oc1ccc([C@H](C)N)c(F)c1)C(=O)OCC. The summed E-state index contributed by atoms with van der Waals surface area (Å²) in [4.78, 5) is 11.7. The second-order valence-electron chi connectivity index (χ2n) is 4.62. The molecule has 20 heavy (non-hydrogen) atoms. The van der Waals surface area contributed by atoms with Gasteiger partial charge in [0.2, 0.25) is 0 Å². The number of carbonyl (C=O) groups is 1. The largest absolute Gasteiger partial charge is 0.479 e. The van der Waals surface area contributed by atoms with E-state index in [2.05, 4.69) is 0 Å². The molecule has 4 nitrogen and oxygen atoms in total. The van der Waals surface area contributed by atoms with Crippen LogP contribution in [0.3, 0.4) is 0 Å². The third-order valence-corrected chi connectivity index (χ3v) is 2.84. The molecule has 0 saturated carbocycles. The molecule has 0 radical (unpaired) electrons. The number of halogens is 1. The minimum absolute atomic E-state index is 0.292. The van der Waals surface area contributed by atoms with Crippen molar-refractivity contribution in [3.8, 4) is 5.75 Å². The molecule has 0 fully saturated rings. The van der Waals surface area contributed by atoms with Crippen LogP contribution < -0.4 is 10.5 Å². The number of ether oxygens (including phenoxy) is 2. The van der Waals surface area contributed by atoms with Crippen LogP contribution in [0.15, 0.2) is 18.2 Å². The second-order valence-corrected chi connectivity index (χ2v) is 4.62. The van der Waals surface area contributed by atoms with Crippen LogP contribution in [-0.4, -0.2) is 18.7 Å². The lowest BCUT2D eigenvalue weighted by atomic mass is 10.1. The smallest absolute Gasteiger partial charge is 0.347 e. The van der Waals surface area contributed by atoms with Gasteiger partial charge in [-0.25, -0.2) is 9.18 Å². The van der Waals surface area contributed by atoms with Gasteiger partial charge in [0.15, 0.2) is 6.10 Å². The fraction of sp³-hybridized carbons (Fsp3) is 0.533. The van der Waals surface area contributed by atoms with E-state index in [0.717, 1.165) is 6.42 Å². The third-order valence-electron chi connectivity index (χ3n) is 2.84. The molecular weight excluding hydrogens is 261 g/mol. The van der Waals surface area contributed by atoms with Crippen molar-refractivity contribution in [2.75, 3.05) is 6.61 Å². The molecule has 0 amide bonds. The Kier molecular flexibility index (Phi) is 6.45. The average Bonchev–Trinajstić information content (AvgIpc) is 2.38. The standard InChI is InChI=1S/C15H22FNO3/c1-4-6-14(15(18)19-5-2)20-11-7-8-12(10(3)17)13(16)9-11/h7-10,14H,4-6,17H2,1-3H3/t10-,14?/m0/s1. The minimum Gasteiger partial charge on any atom is -0.479 e. The molecule has 0 saturated heterocycles. The Bertz CT molecular complexity index is 449. The maximum Gasteiger partial charge on any atom is 0.347 e. The van der Waals surface area contributed by atoms with Crippen molar-refractivity contribution in [1.82, 2.24) is 0 Å². The number of hydrogen-bond acceptors (Lipinski definition) is 4. The highest BCUT2D eigenvalue weighted by molar-refractivity contribution is 5.75. The van der Waals surface area contributed by atoms with Crippen LogP contribution in [0, 0.1) is 5.82 Å². The summed E-state index contributed by atoms with van der Waals surface area (Å²) >= 11 is 0. The highest BCUT2D eigenvalue weighted by Crippen LogP contribution is 2.22. The molecule has 1 unspecified atom stereocenters. The zero-order chi connectivity index (χ0) is 15.1. The molecule has 1 aromatic rings. The monoisotopic (exact) mass is 283 g/mol. The average molecular weight is 283 g/mol. The van der Waals surface area contributed by atoms with Crippen molar-refractivity contribution in [3.05, 3.63) is 29.6 Å². The van der Waals surface area contributed by atoms with Gasteiger partial charge < -0.3 is 15.2 Å². The number of benzene rings is 1. The molecule has 0 aliphatic rings. The lowest BCUT2D eigenvalue weighted by Crippen LogP contribution is -2.29. The summed E-state index contributed by atoms with van der Waals surface area (Å²) in [5.41, 5.74) is 6.06. The number of carbonyl (C=O) groups excluding carboxylic acids is 1. The van der Waals surface area contributed by atoms with Crippen LogP contribution in [0.2, 0.25) is 0 Å². The Morgan fingerprint density at radius 3 is 2.60 bits per heavy atom. The molecule has 2 N–H and O–H groups in total. The maximum atomic E-state index is 13.8. The van der Waals surface area contributed by atoms with Crippen LogP contribution in [0.4, 0.5) is 4.39 Å². The summed E-state index contributed by atoms with van der Waals surface area (Å²) in [6, 6.07) is 4.05. The first-order valence-electron chi connectivity index (χ1n) is 6.87. The molecule has 1 rings (SSSR count). The van der Waals surface area contributed by atoms with Crippen LogP contribution in [0.5, 0.6) is 5.75 Å². The molecule has 0 spiro atoms. The Hall–Kier alpha value is -1.62. The summed E-state index contributed by atoms with van der Waals surface area (Å²) in [5.74, 6) is -0.555. The maximum absolute atomic E-state index is 13.8. The van der Waals surface area contributed by atoms with Crippen LogP contribution >= 0.6 is 0 Å². The van der Waals surface area contributed by atoms with Gasteiger partial charge in [0.25, 0.3) is 0 Å². The van der Waals surface area contributed by atoms with Crippen LogP contribution in [0.1, 0.15) is 45.2 Å². The van der Waals surface area contributed by atoms with E-state index >= 15 is 0 Å². The first-order chi connectivity index (χ1) is 9.49. The fourth-order valence-electron chi connectivity index (χ4n) is 1.84. The zero-order valence-corrected chi connectivity index (χ0v) is 12.2. The summed E-state index contributed by atoms with van der Waals surface area (Å²) in [6.45, 7) is 5.67. The Balaban J connectivity index is 2.83. The lowest BCUT2D eigenvalue weighted by molar-refractivity contribution is -0.151. The molecule has 2 atom stereocenters. The van der Waals surface area contributed by atoms with E-state index in [1.165, 1.54) is 6.07 Å². The minimum atomic E-state index is -0.708. The lowest BCUT2D eigenvalue weighted by Gasteiger charge is -2.18. The number of esters is 1. The van der Waals surface area contributed by atoms with Gasteiger partial charge in [0.1, 0.15) is 11.6 Å². The van der Waals surface area contributed by atoms with E-state index in [9.17, 15) is 9.18 Å². The fourth-order valence-corrected chi connectivity index (χ4v) is 1.84. The molecule has 0 heterocycles. The molecule has 0 aromatic heterocycles. The van der Waals surface area contributed by atoms with Crippen LogP contribution in [-0.2, 0) is 9.53 Å². The highest BCUT2D eigenvalue weighted by Gasteiger charge is 2.21. The quantitative estimate of drug-likeness (QED) is 0.781. The normalized spacial score (nSPS) is 13.7.